The van der Waals surface area contributed by atoms with Gasteiger partial charge in [-0.15, -0.1) is 0 Å². The first-order valence-electron chi connectivity index (χ1n) is 7.45. The van der Waals surface area contributed by atoms with Crippen molar-refractivity contribution in [1.29, 1.82) is 0 Å². The molecule has 0 saturated carbocycles. The van der Waals surface area contributed by atoms with Crippen LogP contribution in [0.15, 0.2) is 12.1 Å². The van der Waals surface area contributed by atoms with Crippen LogP contribution in [0.2, 0.25) is 5.02 Å². The number of benzene rings is 1. The quantitative estimate of drug-likeness (QED) is 0.836. The van der Waals surface area contributed by atoms with Gasteiger partial charge in [0.1, 0.15) is 12.1 Å². The number of aliphatic carboxylic acids is 1. The first kappa shape index (κ1) is 15.8. The maximum absolute atomic E-state index is 12.6. The van der Waals surface area contributed by atoms with Gasteiger partial charge in [0.2, 0.25) is 0 Å². The fourth-order valence-electron chi connectivity index (χ4n) is 3.16. The maximum Gasteiger partial charge on any atom is 0.338 e. The number of hydrogen-bond donors (Lipinski definition) is 1. The summed E-state index contributed by atoms with van der Waals surface area (Å²) < 4.78 is 5.17. The van der Waals surface area contributed by atoms with Crippen LogP contribution in [-0.2, 0) is 16.0 Å². The van der Waals surface area contributed by atoms with Crippen LogP contribution in [-0.4, -0.2) is 46.5 Å². The highest BCUT2D eigenvalue weighted by molar-refractivity contribution is 6.32. The molecule has 2 aliphatic rings. The number of cyclic esters (lactones) is 1. The van der Waals surface area contributed by atoms with Crippen LogP contribution >= 0.6 is 11.6 Å². The Kier molecular flexibility index (Phi) is 4.02. The number of esters is 1. The minimum atomic E-state index is -1.02. The second kappa shape index (κ2) is 5.85. The fourth-order valence-corrected chi connectivity index (χ4v) is 3.45. The highest BCUT2D eigenvalue weighted by Crippen LogP contribution is 2.30. The number of nitrogens with zero attached hydrogens (tertiary/aromatic N) is 1. The second-order valence-corrected chi connectivity index (χ2v) is 6.31. The lowest BCUT2D eigenvalue weighted by Crippen LogP contribution is -2.40. The minimum absolute atomic E-state index is 0.216. The SMILES string of the molecule is CC1Cc2c(Cl)cc(C(=O)N3CCC[C@H]3C(=O)O)cc2C(=O)O1. The molecule has 1 amide bonds. The first-order valence-corrected chi connectivity index (χ1v) is 7.83. The summed E-state index contributed by atoms with van der Waals surface area (Å²) in [5.41, 5.74) is 1.17. The average Bonchev–Trinajstić information content (AvgIpc) is 2.97. The van der Waals surface area contributed by atoms with Gasteiger partial charge in [-0.2, -0.15) is 0 Å². The van der Waals surface area contributed by atoms with Crippen molar-refractivity contribution in [2.45, 2.75) is 38.3 Å². The lowest BCUT2D eigenvalue weighted by molar-refractivity contribution is -0.141. The van der Waals surface area contributed by atoms with E-state index in [1.807, 2.05) is 0 Å². The molecule has 1 aromatic rings. The van der Waals surface area contributed by atoms with E-state index >= 15 is 0 Å². The molecule has 2 atom stereocenters. The predicted octanol–water partition coefficient (Wildman–Crippen LogP) is 2.13. The summed E-state index contributed by atoms with van der Waals surface area (Å²) in [4.78, 5) is 37.2. The Bertz CT molecular complexity index is 702. The normalized spacial score (nSPS) is 23.4. The van der Waals surface area contributed by atoms with Gasteiger partial charge in [0.25, 0.3) is 5.91 Å². The Morgan fingerprint density at radius 2 is 2.13 bits per heavy atom. The number of carbonyl (C=O) groups is 3. The van der Waals surface area contributed by atoms with Crippen LogP contribution in [0.25, 0.3) is 0 Å². The van der Waals surface area contributed by atoms with E-state index in [0.717, 1.165) is 0 Å². The monoisotopic (exact) mass is 337 g/mol. The second-order valence-electron chi connectivity index (χ2n) is 5.90. The molecule has 1 aromatic carbocycles. The molecule has 23 heavy (non-hydrogen) atoms. The highest BCUT2D eigenvalue weighted by atomic mass is 35.5. The number of likely N-dealkylation sites (tertiary alicyclic amines) is 1. The molecule has 0 radical (unpaired) electrons. The molecule has 1 unspecified atom stereocenters. The zero-order valence-corrected chi connectivity index (χ0v) is 13.3. The molecule has 6 nitrogen and oxygen atoms in total. The molecule has 3 rings (SSSR count). The molecule has 122 valence electrons. The molecular formula is C16H16ClNO5. The van der Waals surface area contributed by atoms with Gasteiger partial charge < -0.3 is 14.7 Å². The van der Waals surface area contributed by atoms with Gasteiger partial charge in [-0.1, -0.05) is 11.6 Å². The Labute approximate surface area is 138 Å². The standard InChI is InChI=1S/C16H16ClNO5/c1-8-5-10-11(16(22)23-8)6-9(7-12(10)17)14(19)18-4-2-3-13(18)15(20)21/h6-8,13H,2-5H2,1H3,(H,20,21)/t8?,13-/m0/s1. The Morgan fingerprint density at radius 3 is 2.83 bits per heavy atom. The summed E-state index contributed by atoms with van der Waals surface area (Å²) in [5.74, 6) is -1.95. The number of halogens is 1. The Hall–Kier alpha value is -2.08. The number of fused-ring (bicyclic) bond motifs is 1. The number of carboxylic acids is 1. The molecule has 7 heteroatoms. The summed E-state index contributed by atoms with van der Waals surface area (Å²) in [7, 11) is 0. The fraction of sp³-hybridized carbons (Fsp3) is 0.438. The molecule has 2 heterocycles. The summed E-state index contributed by atoms with van der Waals surface area (Å²) in [6.45, 7) is 2.16. The van der Waals surface area contributed by atoms with Crippen molar-refractivity contribution in [3.8, 4) is 0 Å². The van der Waals surface area contributed by atoms with E-state index in [1.54, 1.807) is 6.92 Å². The van der Waals surface area contributed by atoms with Gasteiger partial charge in [-0.25, -0.2) is 9.59 Å². The topological polar surface area (TPSA) is 83.9 Å². The molecule has 1 saturated heterocycles. The van der Waals surface area contributed by atoms with Crippen LogP contribution < -0.4 is 0 Å². The molecule has 0 bridgehead atoms. The first-order chi connectivity index (χ1) is 10.9. The molecule has 0 aromatic heterocycles. The van der Waals surface area contributed by atoms with Gasteiger partial charge in [0, 0.05) is 23.6 Å². The lowest BCUT2D eigenvalue weighted by atomic mass is 9.96. The number of amides is 1. The maximum atomic E-state index is 12.6. The molecular weight excluding hydrogens is 322 g/mol. The van der Waals surface area contributed by atoms with Crippen molar-refractivity contribution in [1.82, 2.24) is 4.90 Å². The average molecular weight is 338 g/mol. The number of rotatable bonds is 2. The van der Waals surface area contributed by atoms with E-state index in [0.29, 0.717) is 36.4 Å². The summed E-state index contributed by atoms with van der Waals surface area (Å²) in [6.07, 6.45) is 1.31. The van der Waals surface area contributed by atoms with Gasteiger partial charge in [0.05, 0.1) is 5.56 Å². The molecule has 0 aliphatic carbocycles. The third kappa shape index (κ3) is 2.79. The van der Waals surface area contributed by atoms with Gasteiger partial charge in [0.15, 0.2) is 0 Å². The van der Waals surface area contributed by atoms with Crippen LogP contribution in [0, 0.1) is 0 Å². The van der Waals surface area contributed by atoms with E-state index in [9.17, 15) is 19.5 Å². The van der Waals surface area contributed by atoms with Crippen LogP contribution in [0.1, 0.15) is 46.0 Å². The molecule has 1 N–H and O–H groups in total. The van der Waals surface area contributed by atoms with Crippen molar-refractivity contribution in [2.24, 2.45) is 0 Å². The van der Waals surface area contributed by atoms with E-state index in [2.05, 4.69) is 0 Å². The number of ether oxygens (including phenoxy) is 1. The van der Waals surface area contributed by atoms with Gasteiger partial charge >= 0.3 is 11.9 Å². The van der Waals surface area contributed by atoms with Gasteiger partial charge in [-0.3, -0.25) is 4.79 Å². The third-order valence-electron chi connectivity index (χ3n) is 4.26. The third-order valence-corrected chi connectivity index (χ3v) is 4.60. The van der Waals surface area contributed by atoms with E-state index in [-0.39, 0.29) is 17.2 Å². The molecule has 0 spiro atoms. The summed E-state index contributed by atoms with van der Waals surface area (Å²) >= 11 is 6.23. The van der Waals surface area contributed by atoms with Crippen LogP contribution in [0.4, 0.5) is 0 Å². The zero-order chi connectivity index (χ0) is 16.7. The zero-order valence-electron chi connectivity index (χ0n) is 12.5. The lowest BCUT2D eigenvalue weighted by Gasteiger charge is -2.25. The molecule has 1 fully saturated rings. The van der Waals surface area contributed by atoms with Crippen molar-refractivity contribution in [2.75, 3.05) is 6.54 Å². The largest absolute Gasteiger partial charge is 0.480 e. The predicted molar refractivity (Wildman–Crippen MR) is 81.7 cm³/mol. The van der Waals surface area contributed by atoms with Crippen LogP contribution in [0.5, 0.6) is 0 Å². The van der Waals surface area contributed by atoms with Crippen molar-refractivity contribution in [3.05, 3.63) is 33.8 Å². The number of carbonyl (C=O) groups excluding carboxylic acids is 2. The van der Waals surface area contributed by atoms with Crippen molar-refractivity contribution in [3.63, 3.8) is 0 Å². The number of carboxylic acid groups (broad SMARTS) is 1. The Morgan fingerprint density at radius 1 is 1.39 bits per heavy atom. The van der Waals surface area contributed by atoms with E-state index in [1.165, 1.54) is 17.0 Å². The van der Waals surface area contributed by atoms with Crippen molar-refractivity contribution >= 4 is 29.4 Å². The van der Waals surface area contributed by atoms with Crippen molar-refractivity contribution < 1.29 is 24.2 Å². The van der Waals surface area contributed by atoms with Gasteiger partial charge in [-0.05, 0) is 37.5 Å². The van der Waals surface area contributed by atoms with Crippen LogP contribution in [0.3, 0.4) is 0 Å². The smallest absolute Gasteiger partial charge is 0.338 e. The van der Waals surface area contributed by atoms with E-state index in [4.69, 9.17) is 16.3 Å². The Balaban J connectivity index is 1.97. The summed E-state index contributed by atoms with van der Waals surface area (Å²) in [5, 5.41) is 9.54. The van der Waals surface area contributed by atoms with E-state index < -0.39 is 23.9 Å². The molecule has 2 aliphatic heterocycles. The minimum Gasteiger partial charge on any atom is -0.480 e. The number of hydrogen-bond acceptors (Lipinski definition) is 4. The summed E-state index contributed by atoms with van der Waals surface area (Å²) in [6, 6.07) is 2.13. The highest BCUT2D eigenvalue weighted by Gasteiger charge is 2.35.